The van der Waals surface area contributed by atoms with Gasteiger partial charge < -0.3 is 0 Å². The molecular weight excluding hydrogens is 120 g/mol. The van der Waals surface area contributed by atoms with Crippen molar-refractivity contribution in [3.8, 4) is 0 Å². The molecule has 0 heteroatoms. The third-order valence-electron chi connectivity index (χ3n) is 1.15. The van der Waals surface area contributed by atoms with Gasteiger partial charge in [0.1, 0.15) is 0 Å². The molecule has 0 aliphatic carbocycles. The lowest BCUT2D eigenvalue weighted by Gasteiger charge is -1.87. The van der Waals surface area contributed by atoms with Gasteiger partial charge in [0.05, 0.1) is 0 Å². The topological polar surface area (TPSA) is 0 Å². The molecule has 0 aliphatic heterocycles. The van der Waals surface area contributed by atoms with Gasteiger partial charge in [0.25, 0.3) is 0 Å². The molecule has 0 atom stereocenters. The van der Waals surface area contributed by atoms with E-state index < -0.39 is 0 Å². The molecule has 0 saturated heterocycles. The van der Waals surface area contributed by atoms with Crippen LogP contribution >= 0.6 is 0 Å². The number of hydrogen-bond acceptors (Lipinski definition) is 0. The third-order valence-corrected chi connectivity index (χ3v) is 1.15. The van der Waals surface area contributed by atoms with Crippen molar-refractivity contribution in [1.29, 1.82) is 0 Å². The lowest BCUT2D eigenvalue weighted by atomic mass is 10.2. The molecule has 0 aromatic rings. The van der Waals surface area contributed by atoms with E-state index >= 15 is 0 Å². The van der Waals surface area contributed by atoms with Crippen LogP contribution in [-0.4, -0.2) is 0 Å². The summed E-state index contributed by atoms with van der Waals surface area (Å²) in [6.45, 7) is 8.34. The summed E-state index contributed by atoms with van der Waals surface area (Å²) in [6, 6.07) is 0. The number of allylic oxidation sites excluding steroid dienone is 2. The van der Waals surface area contributed by atoms with Crippen LogP contribution in [0.5, 0.6) is 0 Å². The molecule has 0 nitrogen and oxygen atoms in total. The van der Waals surface area contributed by atoms with E-state index in [9.17, 15) is 0 Å². The number of hydrogen-bond donors (Lipinski definition) is 0. The van der Waals surface area contributed by atoms with Gasteiger partial charge in [0, 0.05) is 0 Å². The molecule has 0 aromatic heterocycles. The van der Waals surface area contributed by atoms with Gasteiger partial charge in [-0.2, -0.15) is 0 Å². The number of rotatable bonds is 2. The highest BCUT2D eigenvalue weighted by molar-refractivity contribution is 5.01. The maximum atomic E-state index is 3.11. The summed E-state index contributed by atoms with van der Waals surface area (Å²) in [7, 11) is 0. The molecular formula is C10H16. The van der Waals surface area contributed by atoms with E-state index in [1.807, 2.05) is 13.8 Å². The predicted octanol–water partition coefficient (Wildman–Crippen LogP) is 3.45. The average molecular weight is 136 g/mol. The largest absolute Gasteiger partial charge is 0.0718 e. The van der Waals surface area contributed by atoms with Gasteiger partial charge in [0.15, 0.2) is 0 Å². The normalized spacial score (nSPS) is 8.00. The fraction of sp³-hybridized carbons (Fsp3) is 0.600. The minimum atomic E-state index is 1.14. The van der Waals surface area contributed by atoms with Crippen LogP contribution in [-0.2, 0) is 0 Å². The van der Waals surface area contributed by atoms with Gasteiger partial charge in [0.2, 0.25) is 0 Å². The minimum absolute atomic E-state index is 1.14. The zero-order chi connectivity index (χ0) is 7.98. The monoisotopic (exact) mass is 136 g/mol. The summed E-state index contributed by atoms with van der Waals surface area (Å²) in [6.07, 6.45) is 2.34. The van der Waals surface area contributed by atoms with E-state index in [0.29, 0.717) is 0 Å². The summed E-state index contributed by atoms with van der Waals surface area (Å²) in [5.74, 6) is 0. The lowest BCUT2D eigenvalue weighted by Crippen LogP contribution is -1.69. The fourth-order valence-electron chi connectivity index (χ4n) is 0.669. The Morgan fingerprint density at radius 3 is 2.10 bits per heavy atom. The van der Waals surface area contributed by atoms with Crippen LogP contribution in [0.4, 0.5) is 0 Å². The average Bonchev–Trinajstić information content (AvgIpc) is 1.85. The molecule has 0 spiro atoms. The summed E-state index contributed by atoms with van der Waals surface area (Å²) in [5.41, 5.74) is 8.66. The Balaban J connectivity index is 4.29. The maximum Gasteiger partial charge on any atom is -0.0230 e. The van der Waals surface area contributed by atoms with Gasteiger partial charge >= 0.3 is 0 Å². The predicted molar refractivity (Wildman–Crippen MR) is 46.0 cm³/mol. The van der Waals surface area contributed by atoms with E-state index in [-0.39, 0.29) is 0 Å². The Morgan fingerprint density at radius 2 is 1.70 bits per heavy atom. The van der Waals surface area contributed by atoms with E-state index in [0.717, 1.165) is 6.42 Å². The van der Waals surface area contributed by atoms with Crippen molar-refractivity contribution in [3.05, 3.63) is 22.6 Å². The van der Waals surface area contributed by atoms with Gasteiger partial charge in [-0.25, -0.2) is 0 Å². The van der Waals surface area contributed by atoms with Crippen LogP contribution in [0, 0.1) is 0 Å². The van der Waals surface area contributed by atoms with Crippen LogP contribution in [0.2, 0.25) is 0 Å². The summed E-state index contributed by atoms with van der Waals surface area (Å²) in [4.78, 5) is 0. The lowest BCUT2D eigenvalue weighted by molar-refractivity contribution is 0.908. The second-order valence-electron chi connectivity index (χ2n) is 2.78. The molecule has 0 fully saturated rings. The first-order chi connectivity index (χ1) is 4.66. The van der Waals surface area contributed by atoms with Crippen molar-refractivity contribution < 1.29 is 0 Å². The minimum Gasteiger partial charge on any atom is -0.0718 e. The van der Waals surface area contributed by atoms with Crippen molar-refractivity contribution in [2.75, 3.05) is 0 Å². The van der Waals surface area contributed by atoms with Crippen LogP contribution < -0.4 is 0 Å². The first-order valence-electron chi connectivity index (χ1n) is 3.81. The van der Waals surface area contributed by atoms with Gasteiger partial charge in [-0.3, -0.25) is 0 Å². The third kappa shape index (κ3) is 5.44. The summed E-state index contributed by atoms with van der Waals surface area (Å²) in [5, 5.41) is 0. The Morgan fingerprint density at radius 1 is 1.10 bits per heavy atom. The van der Waals surface area contributed by atoms with Crippen LogP contribution in [0.15, 0.2) is 22.6 Å². The quantitative estimate of drug-likeness (QED) is 0.510. The Bertz CT molecular complexity index is 180. The van der Waals surface area contributed by atoms with Crippen molar-refractivity contribution in [3.63, 3.8) is 0 Å². The SMILES string of the molecule is CCCC(C)=C=C=C(C)C. The molecule has 0 aliphatic rings. The molecule has 0 bridgehead atoms. The van der Waals surface area contributed by atoms with Gasteiger partial charge in [-0.15, -0.1) is 0 Å². The molecule has 0 rings (SSSR count). The highest BCUT2D eigenvalue weighted by atomic mass is 13.9. The van der Waals surface area contributed by atoms with E-state index in [1.165, 1.54) is 17.6 Å². The maximum absolute atomic E-state index is 3.11. The van der Waals surface area contributed by atoms with Crippen molar-refractivity contribution in [2.24, 2.45) is 0 Å². The molecule has 0 saturated carbocycles. The summed E-state index contributed by atoms with van der Waals surface area (Å²) >= 11 is 0. The van der Waals surface area contributed by atoms with Crippen LogP contribution in [0.3, 0.4) is 0 Å². The molecule has 0 unspecified atom stereocenters. The van der Waals surface area contributed by atoms with E-state index in [2.05, 4.69) is 25.3 Å². The molecule has 56 valence electrons. The van der Waals surface area contributed by atoms with E-state index in [4.69, 9.17) is 0 Å². The Hall–Kier alpha value is -0.700. The molecule has 0 radical (unpaired) electrons. The molecule has 0 N–H and O–H groups in total. The highest BCUT2D eigenvalue weighted by Crippen LogP contribution is 1.99. The Kier molecular flexibility index (Phi) is 4.76. The fourth-order valence-corrected chi connectivity index (χ4v) is 0.669. The second kappa shape index (κ2) is 5.11. The van der Waals surface area contributed by atoms with Crippen LogP contribution in [0.1, 0.15) is 40.5 Å². The molecule has 0 amide bonds. The zero-order valence-electron chi connectivity index (χ0n) is 7.41. The van der Waals surface area contributed by atoms with Crippen molar-refractivity contribution in [1.82, 2.24) is 0 Å². The Labute approximate surface area is 64.0 Å². The van der Waals surface area contributed by atoms with Crippen molar-refractivity contribution in [2.45, 2.75) is 40.5 Å². The van der Waals surface area contributed by atoms with Gasteiger partial charge in [-0.05, 0) is 38.3 Å². The van der Waals surface area contributed by atoms with Crippen LogP contribution in [0.25, 0.3) is 0 Å². The first-order valence-corrected chi connectivity index (χ1v) is 3.81. The van der Waals surface area contributed by atoms with E-state index in [1.54, 1.807) is 0 Å². The smallest absolute Gasteiger partial charge is 0.0230 e. The zero-order valence-corrected chi connectivity index (χ0v) is 7.41. The first kappa shape index (κ1) is 9.30. The highest BCUT2D eigenvalue weighted by Gasteiger charge is 1.81. The second-order valence-corrected chi connectivity index (χ2v) is 2.78. The van der Waals surface area contributed by atoms with Crippen molar-refractivity contribution >= 4 is 0 Å². The standard InChI is InChI=1S/C10H16/c1-5-6-10(4)8-7-9(2)3/h5-6H2,1-4H3. The van der Waals surface area contributed by atoms with Gasteiger partial charge in [-0.1, -0.05) is 24.8 Å². The molecule has 0 heterocycles. The molecule has 10 heavy (non-hydrogen) atoms. The molecule has 0 aromatic carbocycles. The summed E-state index contributed by atoms with van der Waals surface area (Å²) < 4.78 is 0.